The van der Waals surface area contributed by atoms with Crippen LogP contribution in [0.25, 0.3) is 0 Å². The van der Waals surface area contributed by atoms with Crippen molar-refractivity contribution in [2.45, 2.75) is 31.9 Å². The summed E-state index contributed by atoms with van der Waals surface area (Å²) in [5.74, 6) is 0.0695. The summed E-state index contributed by atoms with van der Waals surface area (Å²) in [4.78, 5) is 14.3. The van der Waals surface area contributed by atoms with Crippen LogP contribution in [0.2, 0.25) is 0 Å². The highest BCUT2D eigenvalue weighted by molar-refractivity contribution is 5.76. The van der Waals surface area contributed by atoms with E-state index in [0.717, 1.165) is 39.4 Å². The van der Waals surface area contributed by atoms with Crippen LogP contribution in [0.1, 0.15) is 20.3 Å². The first-order chi connectivity index (χ1) is 9.58. The van der Waals surface area contributed by atoms with Crippen molar-refractivity contribution in [3.05, 3.63) is 0 Å². The molecule has 0 radical (unpaired) electrons. The molecule has 0 aromatic heterocycles. The maximum atomic E-state index is 12.0. The van der Waals surface area contributed by atoms with Gasteiger partial charge in [0.2, 0.25) is 5.91 Å². The zero-order chi connectivity index (χ0) is 14.4. The second kappa shape index (κ2) is 7.36. The van der Waals surface area contributed by atoms with Crippen LogP contribution < -0.4 is 10.6 Å². The average molecular weight is 285 g/mol. The van der Waals surface area contributed by atoms with Gasteiger partial charge in [0.15, 0.2) is 0 Å². The number of hydrogen-bond acceptors (Lipinski definition) is 5. The van der Waals surface area contributed by atoms with Gasteiger partial charge in [-0.05, 0) is 13.8 Å². The molecule has 2 rings (SSSR count). The molecule has 2 heterocycles. The van der Waals surface area contributed by atoms with Crippen molar-refractivity contribution in [1.82, 2.24) is 15.5 Å². The second-order valence-corrected chi connectivity index (χ2v) is 6.09. The van der Waals surface area contributed by atoms with Crippen LogP contribution in [0.15, 0.2) is 0 Å². The maximum absolute atomic E-state index is 12.0. The molecule has 2 fully saturated rings. The lowest BCUT2D eigenvalue weighted by atomic mass is 10.0. The van der Waals surface area contributed by atoms with E-state index in [1.165, 1.54) is 0 Å². The normalized spacial score (nSPS) is 25.4. The quantitative estimate of drug-likeness (QED) is 0.719. The van der Waals surface area contributed by atoms with E-state index in [4.69, 9.17) is 9.47 Å². The van der Waals surface area contributed by atoms with E-state index in [9.17, 15) is 4.79 Å². The van der Waals surface area contributed by atoms with E-state index in [1.807, 2.05) is 0 Å². The first kappa shape index (κ1) is 15.7. The highest BCUT2D eigenvalue weighted by Gasteiger charge is 2.29. The standard InChI is InChI=1S/C14H27N3O3/c1-14(2,17-4-7-19-8-5-17)11-16-13(18)9-12-10-15-3-6-20-12/h12,15H,3-11H2,1-2H3,(H,16,18). The molecule has 0 saturated carbocycles. The van der Waals surface area contributed by atoms with E-state index < -0.39 is 0 Å². The van der Waals surface area contributed by atoms with Crippen molar-refractivity contribution < 1.29 is 14.3 Å². The number of hydrogen-bond donors (Lipinski definition) is 2. The summed E-state index contributed by atoms with van der Waals surface area (Å²) in [6.07, 6.45) is 0.446. The molecule has 6 heteroatoms. The van der Waals surface area contributed by atoms with Gasteiger partial charge in [0, 0.05) is 38.3 Å². The Morgan fingerprint density at radius 2 is 2.10 bits per heavy atom. The number of rotatable bonds is 5. The molecule has 1 atom stereocenters. The van der Waals surface area contributed by atoms with Crippen LogP contribution in [0, 0.1) is 0 Å². The summed E-state index contributed by atoms with van der Waals surface area (Å²) in [6, 6.07) is 0. The van der Waals surface area contributed by atoms with Crippen molar-refractivity contribution in [2.75, 3.05) is 52.5 Å². The van der Waals surface area contributed by atoms with Gasteiger partial charge in [-0.15, -0.1) is 0 Å². The topological polar surface area (TPSA) is 62.8 Å². The molecule has 2 aliphatic heterocycles. The van der Waals surface area contributed by atoms with Gasteiger partial charge in [-0.1, -0.05) is 0 Å². The van der Waals surface area contributed by atoms with Gasteiger partial charge >= 0.3 is 0 Å². The molecule has 0 aromatic carbocycles. The number of nitrogens with one attached hydrogen (secondary N) is 2. The summed E-state index contributed by atoms with van der Waals surface area (Å²) < 4.78 is 10.9. The third kappa shape index (κ3) is 4.70. The summed E-state index contributed by atoms with van der Waals surface area (Å²) in [7, 11) is 0. The zero-order valence-corrected chi connectivity index (χ0v) is 12.6. The number of morpholine rings is 2. The second-order valence-electron chi connectivity index (χ2n) is 6.09. The Balaban J connectivity index is 1.70. The highest BCUT2D eigenvalue weighted by Crippen LogP contribution is 2.15. The Bertz CT molecular complexity index is 311. The van der Waals surface area contributed by atoms with E-state index >= 15 is 0 Å². The van der Waals surface area contributed by atoms with Gasteiger partial charge in [-0.25, -0.2) is 0 Å². The van der Waals surface area contributed by atoms with Crippen molar-refractivity contribution in [3.8, 4) is 0 Å². The molecule has 0 spiro atoms. The van der Waals surface area contributed by atoms with Gasteiger partial charge in [0.25, 0.3) is 0 Å². The molecule has 20 heavy (non-hydrogen) atoms. The Kier molecular flexibility index (Phi) is 5.77. The number of ether oxygens (including phenoxy) is 2. The molecule has 0 bridgehead atoms. The largest absolute Gasteiger partial charge is 0.379 e. The molecule has 116 valence electrons. The first-order valence-electron chi connectivity index (χ1n) is 7.50. The molecule has 2 N–H and O–H groups in total. The Morgan fingerprint density at radius 1 is 1.35 bits per heavy atom. The fourth-order valence-corrected chi connectivity index (χ4v) is 2.63. The SMILES string of the molecule is CC(C)(CNC(=O)CC1CNCCO1)N1CCOCC1. The van der Waals surface area contributed by atoms with Crippen LogP contribution in [-0.4, -0.2) is 75.0 Å². The molecular formula is C14H27N3O3. The minimum Gasteiger partial charge on any atom is -0.379 e. The molecule has 1 amide bonds. The molecule has 2 aliphatic rings. The molecule has 2 saturated heterocycles. The lowest BCUT2D eigenvalue weighted by Gasteiger charge is -2.41. The fourth-order valence-electron chi connectivity index (χ4n) is 2.63. The summed E-state index contributed by atoms with van der Waals surface area (Å²) >= 11 is 0. The maximum Gasteiger partial charge on any atom is 0.222 e. The van der Waals surface area contributed by atoms with Crippen molar-refractivity contribution in [3.63, 3.8) is 0 Å². The van der Waals surface area contributed by atoms with Gasteiger partial charge in [-0.3, -0.25) is 9.69 Å². The summed E-state index contributed by atoms with van der Waals surface area (Å²) in [5, 5.41) is 6.28. The monoisotopic (exact) mass is 285 g/mol. The lowest BCUT2D eigenvalue weighted by molar-refractivity contribution is -0.125. The van der Waals surface area contributed by atoms with Crippen LogP contribution in [-0.2, 0) is 14.3 Å². The number of carbonyl (C=O) groups excluding carboxylic acids is 1. The molecule has 0 aromatic rings. The first-order valence-corrected chi connectivity index (χ1v) is 7.50. The van der Waals surface area contributed by atoms with Crippen molar-refractivity contribution in [2.24, 2.45) is 0 Å². The van der Waals surface area contributed by atoms with Crippen LogP contribution in [0.4, 0.5) is 0 Å². The Hall–Kier alpha value is -0.690. The number of amides is 1. The van der Waals surface area contributed by atoms with Crippen LogP contribution in [0.5, 0.6) is 0 Å². The van der Waals surface area contributed by atoms with Gasteiger partial charge < -0.3 is 20.1 Å². The number of nitrogens with zero attached hydrogens (tertiary/aromatic N) is 1. The third-order valence-corrected chi connectivity index (χ3v) is 4.00. The smallest absolute Gasteiger partial charge is 0.222 e. The number of carbonyl (C=O) groups is 1. The zero-order valence-electron chi connectivity index (χ0n) is 12.6. The summed E-state index contributed by atoms with van der Waals surface area (Å²) in [5.41, 5.74) is -0.0366. The third-order valence-electron chi connectivity index (χ3n) is 4.00. The molecular weight excluding hydrogens is 258 g/mol. The highest BCUT2D eigenvalue weighted by atomic mass is 16.5. The van der Waals surface area contributed by atoms with Crippen molar-refractivity contribution >= 4 is 5.91 Å². The fraction of sp³-hybridized carbons (Fsp3) is 0.929. The average Bonchev–Trinajstić information content (AvgIpc) is 2.47. The molecule has 0 aliphatic carbocycles. The summed E-state index contributed by atoms with van der Waals surface area (Å²) in [6.45, 7) is 10.7. The van der Waals surface area contributed by atoms with E-state index in [1.54, 1.807) is 0 Å². The van der Waals surface area contributed by atoms with E-state index in [2.05, 4.69) is 29.4 Å². The minimum atomic E-state index is -0.0366. The van der Waals surface area contributed by atoms with Gasteiger partial charge in [0.05, 0.1) is 32.3 Å². The minimum absolute atomic E-state index is 0.00949. The lowest BCUT2D eigenvalue weighted by Crippen LogP contribution is -2.55. The van der Waals surface area contributed by atoms with E-state index in [-0.39, 0.29) is 17.6 Å². The predicted octanol–water partition coefficient (Wildman–Crippen LogP) is -0.408. The molecule has 1 unspecified atom stereocenters. The predicted molar refractivity (Wildman–Crippen MR) is 76.7 cm³/mol. The Morgan fingerprint density at radius 3 is 2.75 bits per heavy atom. The van der Waals surface area contributed by atoms with Crippen molar-refractivity contribution in [1.29, 1.82) is 0 Å². The van der Waals surface area contributed by atoms with Gasteiger partial charge in [0.1, 0.15) is 0 Å². The van der Waals surface area contributed by atoms with E-state index in [0.29, 0.717) is 19.6 Å². The van der Waals surface area contributed by atoms with Crippen LogP contribution >= 0.6 is 0 Å². The van der Waals surface area contributed by atoms with Gasteiger partial charge in [-0.2, -0.15) is 0 Å². The molecule has 6 nitrogen and oxygen atoms in total. The Labute approximate surface area is 121 Å². The van der Waals surface area contributed by atoms with Crippen LogP contribution in [0.3, 0.4) is 0 Å².